The topological polar surface area (TPSA) is 67.0 Å². The Kier molecular flexibility index (Phi) is 7.75. The van der Waals surface area contributed by atoms with E-state index in [9.17, 15) is 10.1 Å². The maximum absolute atomic E-state index is 12.6. The first-order valence-corrected chi connectivity index (χ1v) is 10.8. The van der Waals surface area contributed by atoms with E-state index in [4.69, 9.17) is 16.3 Å². The molecule has 0 atom stereocenters. The Morgan fingerprint density at radius 1 is 1.19 bits per heavy atom. The van der Waals surface area contributed by atoms with Crippen molar-refractivity contribution in [1.29, 1.82) is 5.26 Å². The maximum atomic E-state index is 12.6. The molecule has 5 nitrogen and oxygen atoms in total. The van der Waals surface area contributed by atoms with E-state index >= 15 is 0 Å². The highest BCUT2D eigenvalue weighted by atomic mass is 35.5. The standard InChI is InChI=1S/C26H26ClN3O2/c1-18-14-21(19(2)30(18)24-16-23(27)11-12-25(24)32-3)15-22(17-28)26(31)29-13-7-10-20-8-5-4-6-9-20/h4-6,8-9,11-12,14-16H,7,10,13H2,1-3H3,(H,29,31)/b22-15-. The predicted molar refractivity (Wildman–Crippen MR) is 128 cm³/mol. The summed E-state index contributed by atoms with van der Waals surface area (Å²) in [5.74, 6) is 0.314. The third-order valence-electron chi connectivity index (χ3n) is 5.29. The Morgan fingerprint density at radius 2 is 1.94 bits per heavy atom. The van der Waals surface area contributed by atoms with Crippen LogP contribution < -0.4 is 10.1 Å². The molecule has 0 saturated heterocycles. The zero-order valence-electron chi connectivity index (χ0n) is 18.5. The number of halogens is 1. The van der Waals surface area contributed by atoms with Gasteiger partial charge in [0.15, 0.2) is 0 Å². The number of hydrogen-bond donors (Lipinski definition) is 1. The van der Waals surface area contributed by atoms with Gasteiger partial charge in [-0.05, 0) is 68.2 Å². The summed E-state index contributed by atoms with van der Waals surface area (Å²) in [5.41, 5.74) is 4.71. The van der Waals surface area contributed by atoms with Gasteiger partial charge in [0.2, 0.25) is 0 Å². The van der Waals surface area contributed by atoms with Crippen molar-refractivity contribution < 1.29 is 9.53 Å². The monoisotopic (exact) mass is 447 g/mol. The van der Waals surface area contributed by atoms with E-state index in [2.05, 4.69) is 17.4 Å². The minimum Gasteiger partial charge on any atom is -0.495 e. The molecule has 1 amide bonds. The third kappa shape index (κ3) is 5.40. The molecule has 0 radical (unpaired) electrons. The number of methoxy groups -OCH3 is 1. The van der Waals surface area contributed by atoms with Gasteiger partial charge in [0, 0.05) is 23.0 Å². The summed E-state index contributed by atoms with van der Waals surface area (Å²) in [5, 5.41) is 13.0. The van der Waals surface area contributed by atoms with Gasteiger partial charge in [0.25, 0.3) is 5.91 Å². The van der Waals surface area contributed by atoms with E-state index < -0.39 is 0 Å². The lowest BCUT2D eigenvalue weighted by atomic mass is 10.1. The second-order valence-electron chi connectivity index (χ2n) is 7.49. The number of hydrogen-bond acceptors (Lipinski definition) is 3. The quantitative estimate of drug-likeness (QED) is 0.285. The molecule has 6 heteroatoms. The molecule has 164 valence electrons. The van der Waals surface area contributed by atoms with Crippen LogP contribution in [0.15, 0.2) is 60.2 Å². The lowest BCUT2D eigenvalue weighted by molar-refractivity contribution is -0.117. The number of amides is 1. The minimum atomic E-state index is -0.370. The number of nitriles is 1. The summed E-state index contributed by atoms with van der Waals surface area (Å²) in [6.07, 6.45) is 3.30. The number of benzene rings is 2. The van der Waals surface area contributed by atoms with Gasteiger partial charge < -0.3 is 14.6 Å². The fourth-order valence-electron chi connectivity index (χ4n) is 3.68. The second-order valence-corrected chi connectivity index (χ2v) is 7.93. The zero-order chi connectivity index (χ0) is 23.1. The fourth-order valence-corrected chi connectivity index (χ4v) is 3.85. The number of nitrogens with zero attached hydrogens (tertiary/aromatic N) is 2. The molecule has 1 aromatic heterocycles. The van der Waals surface area contributed by atoms with Crippen LogP contribution in [0.4, 0.5) is 0 Å². The highest BCUT2D eigenvalue weighted by Crippen LogP contribution is 2.31. The normalized spacial score (nSPS) is 11.2. The Morgan fingerprint density at radius 3 is 2.62 bits per heavy atom. The van der Waals surface area contributed by atoms with Gasteiger partial charge in [-0.1, -0.05) is 41.9 Å². The minimum absolute atomic E-state index is 0.0722. The van der Waals surface area contributed by atoms with Gasteiger partial charge in [0.05, 0.1) is 12.8 Å². The summed E-state index contributed by atoms with van der Waals surface area (Å²) < 4.78 is 7.49. The Bertz CT molecular complexity index is 1170. The smallest absolute Gasteiger partial charge is 0.261 e. The molecule has 0 spiro atoms. The summed E-state index contributed by atoms with van der Waals surface area (Å²) in [6, 6.07) is 19.5. The molecular formula is C26H26ClN3O2. The SMILES string of the molecule is COc1ccc(Cl)cc1-n1c(C)cc(/C=C(/C#N)C(=O)NCCCc2ccccc2)c1C. The number of aryl methyl sites for hydroxylation is 2. The van der Waals surface area contributed by atoms with Crippen molar-refractivity contribution >= 4 is 23.6 Å². The summed E-state index contributed by atoms with van der Waals surface area (Å²) in [7, 11) is 1.61. The largest absolute Gasteiger partial charge is 0.495 e. The first kappa shape index (κ1) is 23.2. The van der Waals surface area contributed by atoms with Crippen LogP contribution in [0.2, 0.25) is 5.02 Å². The van der Waals surface area contributed by atoms with Crippen LogP contribution in [0.25, 0.3) is 11.8 Å². The van der Waals surface area contributed by atoms with Crippen LogP contribution in [-0.4, -0.2) is 24.1 Å². The van der Waals surface area contributed by atoms with Gasteiger partial charge in [-0.25, -0.2) is 0 Å². The van der Waals surface area contributed by atoms with Crippen LogP contribution in [0.5, 0.6) is 5.75 Å². The highest BCUT2D eigenvalue weighted by Gasteiger charge is 2.16. The van der Waals surface area contributed by atoms with Gasteiger partial charge in [0.1, 0.15) is 17.4 Å². The molecule has 1 N–H and O–H groups in total. The zero-order valence-corrected chi connectivity index (χ0v) is 19.2. The average Bonchev–Trinajstić information content (AvgIpc) is 3.08. The lowest BCUT2D eigenvalue weighted by Gasteiger charge is -2.14. The lowest BCUT2D eigenvalue weighted by Crippen LogP contribution is -2.25. The molecule has 1 heterocycles. The summed E-state index contributed by atoms with van der Waals surface area (Å²) >= 11 is 6.21. The van der Waals surface area contributed by atoms with Crippen molar-refractivity contribution in [2.24, 2.45) is 0 Å². The molecule has 0 aliphatic carbocycles. The molecule has 32 heavy (non-hydrogen) atoms. The van der Waals surface area contributed by atoms with E-state index in [0.717, 1.165) is 35.5 Å². The van der Waals surface area contributed by atoms with Crippen LogP contribution >= 0.6 is 11.6 Å². The number of carbonyl (C=O) groups is 1. The molecule has 0 fully saturated rings. The second kappa shape index (κ2) is 10.7. The number of aromatic nitrogens is 1. The highest BCUT2D eigenvalue weighted by molar-refractivity contribution is 6.30. The summed E-state index contributed by atoms with van der Waals surface area (Å²) in [6.45, 7) is 4.40. The maximum Gasteiger partial charge on any atom is 0.261 e. The van der Waals surface area contributed by atoms with Crippen molar-refractivity contribution in [3.8, 4) is 17.5 Å². The number of rotatable bonds is 8. The first-order chi connectivity index (χ1) is 15.4. The first-order valence-electron chi connectivity index (χ1n) is 10.4. The van der Waals surface area contributed by atoms with Crippen LogP contribution in [0.3, 0.4) is 0 Å². The van der Waals surface area contributed by atoms with Crippen molar-refractivity contribution in [2.45, 2.75) is 26.7 Å². The van der Waals surface area contributed by atoms with E-state index in [-0.39, 0.29) is 11.5 Å². The van der Waals surface area contributed by atoms with Gasteiger partial charge in [-0.3, -0.25) is 4.79 Å². The number of ether oxygens (including phenoxy) is 1. The van der Waals surface area contributed by atoms with Gasteiger partial charge in [-0.15, -0.1) is 0 Å². The van der Waals surface area contributed by atoms with E-state index in [0.29, 0.717) is 17.3 Å². The molecular weight excluding hydrogens is 422 g/mol. The molecule has 0 aliphatic heterocycles. The number of nitrogens with one attached hydrogen (secondary N) is 1. The Hall–Kier alpha value is -3.49. The fraction of sp³-hybridized carbons (Fsp3) is 0.231. The number of carbonyl (C=O) groups excluding carboxylic acids is 1. The van der Waals surface area contributed by atoms with Crippen LogP contribution in [0.1, 0.15) is 28.9 Å². The van der Waals surface area contributed by atoms with E-state index in [1.165, 1.54) is 5.56 Å². The van der Waals surface area contributed by atoms with E-state index in [1.807, 2.05) is 60.9 Å². The predicted octanol–water partition coefficient (Wildman–Crippen LogP) is 5.41. The van der Waals surface area contributed by atoms with Crippen molar-refractivity contribution in [3.63, 3.8) is 0 Å². The molecule has 3 rings (SSSR count). The van der Waals surface area contributed by atoms with Gasteiger partial charge in [-0.2, -0.15) is 5.26 Å². The molecule has 2 aromatic carbocycles. The molecule has 0 aliphatic rings. The van der Waals surface area contributed by atoms with Crippen LogP contribution in [-0.2, 0) is 11.2 Å². The third-order valence-corrected chi connectivity index (χ3v) is 5.52. The van der Waals surface area contributed by atoms with Gasteiger partial charge >= 0.3 is 0 Å². The Balaban J connectivity index is 1.76. The molecule has 0 saturated carbocycles. The molecule has 0 bridgehead atoms. The van der Waals surface area contributed by atoms with Crippen molar-refractivity contribution in [1.82, 2.24) is 9.88 Å². The molecule has 0 unspecified atom stereocenters. The molecule has 3 aromatic rings. The van der Waals surface area contributed by atoms with Crippen molar-refractivity contribution in [3.05, 3.63) is 87.7 Å². The van der Waals surface area contributed by atoms with Crippen LogP contribution in [0, 0.1) is 25.2 Å². The Labute approximate surface area is 193 Å². The van der Waals surface area contributed by atoms with E-state index in [1.54, 1.807) is 19.3 Å². The average molecular weight is 448 g/mol. The van der Waals surface area contributed by atoms with Crippen molar-refractivity contribution in [2.75, 3.05) is 13.7 Å². The summed E-state index contributed by atoms with van der Waals surface area (Å²) in [4.78, 5) is 12.6.